The van der Waals surface area contributed by atoms with Gasteiger partial charge in [0.2, 0.25) is 0 Å². The summed E-state index contributed by atoms with van der Waals surface area (Å²) < 4.78 is 0. The van der Waals surface area contributed by atoms with Crippen molar-refractivity contribution in [2.45, 2.75) is 6.92 Å². The molecule has 1 aromatic heterocycles. The van der Waals surface area contributed by atoms with Gasteiger partial charge in [0, 0.05) is 21.5 Å². The maximum atomic E-state index is 12.0. The Morgan fingerprint density at radius 3 is 2.79 bits per heavy atom. The summed E-state index contributed by atoms with van der Waals surface area (Å²) in [5.41, 5.74) is 5.43. The number of hydrazone groups is 1. The van der Waals surface area contributed by atoms with E-state index in [1.165, 1.54) is 6.21 Å². The van der Waals surface area contributed by atoms with Crippen molar-refractivity contribution in [1.82, 2.24) is 10.4 Å². The molecular formula is C18H13Cl2N3O. The van der Waals surface area contributed by atoms with Crippen LogP contribution in [-0.4, -0.2) is 17.1 Å². The van der Waals surface area contributed by atoms with Gasteiger partial charge in [-0.05, 0) is 42.8 Å². The van der Waals surface area contributed by atoms with Gasteiger partial charge in [0.25, 0.3) is 5.91 Å². The molecule has 2 aromatic carbocycles. The van der Waals surface area contributed by atoms with Gasteiger partial charge in [-0.3, -0.25) is 4.79 Å². The molecule has 1 heterocycles. The maximum Gasteiger partial charge on any atom is 0.271 e. The number of hydrogen-bond donors (Lipinski definition) is 1. The van der Waals surface area contributed by atoms with Crippen LogP contribution in [0.4, 0.5) is 0 Å². The lowest BCUT2D eigenvalue weighted by Crippen LogP contribution is -2.17. The number of fused-ring (bicyclic) bond motifs is 1. The number of benzene rings is 2. The molecule has 0 spiro atoms. The number of nitrogens with one attached hydrogen (secondary N) is 1. The Balaban J connectivity index is 1.79. The van der Waals surface area contributed by atoms with E-state index in [2.05, 4.69) is 15.5 Å². The summed E-state index contributed by atoms with van der Waals surface area (Å²) >= 11 is 12.0. The van der Waals surface area contributed by atoms with Gasteiger partial charge in [0.1, 0.15) is 5.15 Å². The van der Waals surface area contributed by atoms with Gasteiger partial charge in [-0.25, -0.2) is 10.4 Å². The van der Waals surface area contributed by atoms with E-state index in [0.29, 0.717) is 21.3 Å². The molecule has 4 nitrogen and oxygen atoms in total. The molecule has 1 amide bonds. The molecule has 0 saturated heterocycles. The first-order chi connectivity index (χ1) is 11.5. The number of hydrogen-bond acceptors (Lipinski definition) is 3. The summed E-state index contributed by atoms with van der Waals surface area (Å²) in [6.45, 7) is 2.00. The molecule has 0 bridgehead atoms. The third-order valence-electron chi connectivity index (χ3n) is 3.41. The van der Waals surface area contributed by atoms with Gasteiger partial charge >= 0.3 is 0 Å². The van der Waals surface area contributed by atoms with Crippen LogP contribution in [0.15, 0.2) is 53.6 Å². The highest BCUT2D eigenvalue weighted by atomic mass is 35.5. The highest BCUT2D eigenvalue weighted by Crippen LogP contribution is 2.20. The van der Waals surface area contributed by atoms with Crippen LogP contribution in [0, 0.1) is 6.92 Å². The second kappa shape index (κ2) is 6.99. The van der Waals surface area contributed by atoms with Crippen LogP contribution >= 0.6 is 23.2 Å². The first-order valence-electron chi connectivity index (χ1n) is 7.19. The highest BCUT2D eigenvalue weighted by Gasteiger charge is 2.06. The number of nitrogens with zero attached hydrogens (tertiary/aromatic N) is 2. The molecule has 3 rings (SSSR count). The van der Waals surface area contributed by atoms with Gasteiger partial charge < -0.3 is 0 Å². The zero-order valence-corrected chi connectivity index (χ0v) is 14.3. The number of aryl methyl sites for hydroxylation is 1. The van der Waals surface area contributed by atoms with Crippen LogP contribution in [0.3, 0.4) is 0 Å². The number of carbonyl (C=O) groups excluding carboxylic acids is 1. The molecule has 0 atom stereocenters. The molecule has 24 heavy (non-hydrogen) atoms. The second-order valence-corrected chi connectivity index (χ2v) is 6.07. The van der Waals surface area contributed by atoms with Gasteiger partial charge in [-0.1, -0.05) is 41.4 Å². The molecule has 120 valence electrons. The maximum absolute atomic E-state index is 12.0. The van der Waals surface area contributed by atoms with Crippen molar-refractivity contribution in [1.29, 1.82) is 0 Å². The van der Waals surface area contributed by atoms with E-state index in [4.69, 9.17) is 23.2 Å². The number of halogens is 2. The molecule has 3 aromatic rings. The minimum atomic E-state index is -0.353. The molecular weight excluding hydrogens is 345 g/mol. The van der Waals surface area contributed by atoms with Crippen molar-refractivity contribution >= 4 is 46.2 Å². The van der Waals surface area contributed by atoms with E-state index in [1.54, 1.807) is 24.3 Å². The lowest BCUT2D eigenvalue weighted by Gasteiger charge is -2.03. The molecule has 0 aliphatic heterocycles. The zero-order chi connectivity index (χ0) is 17.1. The second-order valence-electron chi connectivity index (χ2n) is 5.27. The Bertz CT molecular complexity index is 954. The quantitative estimate of drug-likeness (QED) is 0.422. The molecule has 0 fully saturated rings. The zero-order valence-electron chi connectivity index (χ0n) is 12.8. The lowest BCUT2D eigenvalue weighted by atomic mass is 10.1. The molecule has 0 aliphatic carbocycles. The molecule has 6 heteroatoms. The van der Waals surface area contributed by atoms with Crippen molar-refractivity contribution in [2.75, 3.05) is 0 Å². The van der Waals surface area contributed by atoms with Crippen LogP contribution < -0.4 is 5.43 Å². The monoisotopic (exact) mass is 357 g/mol. The predicted octanol–water partition coefficient (Wildman–Crippen LogP) is 4.61. The number of rotatable bonds is 3. The fraction of sp³-hybridized carbons (Fsp3) is 0.0556. The number of pyridine rings is 1. The Hall–Kier alpha value is -2.43. The van der Waals surface area contributed by atoms with E-state index in [1.807, 2.05) is 31.2 Å². The third kappa shape index (κ3) is 3.72. The van der Waals surface area contributed by atoms with Gasteiger partial charge in [-0.15, -0.1) is 0 Å². The molecule has 1 N–H and O–H groups in total. The Morgan fingerprint density at radius 1 is 1.17 bits per heavy atom. The summed E-state index contributed by atoms with van der Waals surface area (Å²) in [5, 5.41) is 5.71. The van der Waals surface area contributed by atoms with E-state index in [0.717, 1.165) is 16.5 Å². The van der Waals surface area contributed by atoms with Crippen LogP contribution in [0.1, 0.15) is 21.5 Å². The summed E-state index contributed by atoms with van der Waals surface area (Å²) in [7, 11) is 0. The predicted molar refractivity (Wildman–Crippen MR) is 98.0 cm³/mol. The third-order valence-corrected chi connectivity index (χ3v) is 3.95. The van der Waals surface area contributed by atoms with Crippen LogP contribution in [0.5, 0.6) is 0 Å². The molecule has 0 saturated carbocycles. The summed E-state index contributed by atoms with van der Waals surface area (Å²) in [4.78, 5) is 16.3. The van der Waals surface area contributed by atoms with Crippen molar-refractivity contribution < 1.29 is 4.79 Å². The summed E-state index contributed by atoms with van der Waals surface area (Å²) in [6.07, 6.45) is 1.47. The van der Waals surface area contributed by atoms with Crippen LogP contribution in [0.25, 0.3) is 10.9 Å². The summed E-state index contributed by atoms with van der Waals surface area (Å²) in [6, 6.07) is 14.4. The largest absolute Gasteiger partial charge is 0.271 e. The van der Waals surface area contributed by atoms with Crippen molar-refractivity contribution in [2.24, 2.45) is 5.10 Å². The fourth-order valence-corrected chi connectivity index (χ4v) is 2.60. The number of carbonyl (C=O) groups is 1. The topological polar surface area (TPSA) is 54.4 Å². The number of amides is 1. The fourth-order valence-electron chi connectivity index (χ4n) is 2.22. The normalized spacial score (nSPS) is 11.1. The van der Waals surface area contributed by atoms with E-state index in [9.17, 15) is 4.79 Å². The van der Waals surface area contributed by atoms with E-state index >= 15 is 0 Å². The van der Waals surface area contributed by atoms with Crippen molar-refractivity contribution in [3.63, 3.8) is 0 Å². The summed E-state index contributed by atoms with van der Waals surface area (Å²) in [5.74, 6) is -0.353. The van der Waals surface area contributed by atoms with Crippen LogP contribution in [0.2, 0.25) is 10.2 Å². The average molecular weight is 358 g/mol. The van der Waals surface area contributed by atoms with Gasteiger partial charge in [0.05, 0.1) is 11.7 Å². The van der Waals surface area contributed by atoms with Gasteiger partial charge in [0.15, 0.2) is 0 Å². The van der Waals surface area contributed by atoms with E-state index in [-0.39, 0.29) is 5.91 Å². The smallest absolute Gasteiger partial charge is 0.267 e. The Kier molecular flexibility index (Phi) is 4.79. The van der Waals surface area contributed by atoms with Crippen LogP contribution in [-0.2, 0) is 0 Å². The molecule has 0 aliphatic rings. The van der Waals surface area contributed by atoms with Crippen molar-refractivity contribution in [3.8, 4) is 0 Å². The first-order valence-corrected chi connectivity index (χ1v) is 7.94. The molecule has 0 radical (unpaired) electrons. The molecule has 0 unspecified atom stereocenters. The number of aromatic nitrogens is 1. The van der Waals surface area contributed by atoms with Crippen molar-refractivity contribution in [3.05, 3.63) is 75.4 Å². The highest BCUT2D eigenvalue weighted by molar-refractivity contribution is 6.32. The van der Waals surface area contributed by atoms with E-state index < -0.39 is 0 Å². The minimum Gasteiger partial charge on any atom is -0.267 e. The minimum absolute atomic E-state index is 0.328. The first kappa shape index (κ1) is 16.4. The standard InChI is InChI=1S/C18H13Cl2N3O/c1-11-5-6-12-8-14(17(20)22-16(12)7-11)10-21-23-18(24)13-3-2-4-15(19)9-13/h2-10H,1H3,(H,23,24)/b21-10-. The average Bonchev–Trinajstić information content (AvgIpc) is 2.55. The SMILES string of the molecule is Cc1ccc2cc(/C=N\NC(=O)c3cccc(Cl)c3)c(Cl)nc2c1. The lowest BCUT2D eigenvalue weighted by molar-refractivity contribution is 0.0955. The van der Waals surface area contributed by atoms with Gasteiger partial charge in [-0.2, -0.15) is 5.10 Å². The Labute approximate surface area is 149 Å². The Morgan fingerprint density at radius 2 is 2.00 bits per heavy atom.